The van der Waals surface area contributed by atoms with Gasteiger partial charge >= 0.3 is 0 Å². The van der Waals surface area contributed by atoms with Crippen molar-refractivity contribution in [1.82, 2.24) is 24.6 Å². The predicted octanol–water partition coefficient (Wildman–Crippen LogP) is 2.13. The highest BCUT2D eigenvalue weighted by molar-refractivity contribution is 5.52. The first-order valence-corrected chi connectivity index (χ1v) is 6.84. The maximum Gasteiger partial charge on any atom is 0.107 e. The van der Waals surface area contributed by atoms with Gasteiger partial charge in [-0.2, -0.15) is 5.10 Å². The minimum absolute atomic E-state index is 0.428. The van der Waals surface area contributed by atoms with Gasteiger partial charge in [0.15, 0.2) is 0 Å². The van der Waals surface area contributed by atoms with Crippen molar-refractivity contribution in [2.45, 2.75) is 32.4 Å². The number of hydrogen-bond acceptors (Lipinski definition) is 4. The molecule has 5 nitrogen and oxygen atoms in total. The van der Waals surface area contributed by atoms with E-state index in [2.05, 4.69) is 33.9 Å². The fourth-order valence-corrected chi connectivity index (χ4v) is 2.73. The molecule has 1 aliphatic rings. The van der Waals surface area contributed by atoms with Crippen LogP contribution in [0.5, 0.6) is 0 Å². The van der Waals surface area contributed by atoms with Crippen molar-refractivity contribution in [1.29, 1.82) is 0 Å². The Balaban J connectivity index is 1.86. The van der Waals surface area contributed by atoms with E-state index in [9.17, 15) is 0 Å². The Morgan fingerprint density at radius 1 is 1.32 bits per heavy atom. The molecular formula is C14H19N5. The van der Waals surface area contributed by atoms with Crippen LogP contribution in [0.4, 0.5) is 0 Å². The highest BCUT2D eigenvalue weighted by Gasteiger charge is 2.24. The van der Waals surface area contributed by atoms with Crippen LogP contribution in [0.3, 0.4) is 0 Å². The molecule has 0 N–H and O–H groups in total. The number of nitrogens with zero attached hydrogens (tertiary/aromatic N) is 5. The maximum atomic E-state index is 4.60. The lowest BCUT2D eigenvalue weighted by molar-refractivity contribution is 0.311. The molecular weight excluding hydrogens is 238 g/mol. The summed E-state index contributed by atoms with van der Waals surface area (Å²) in [6.07, 6.45) is 8.00. The first-order valence-electron chi connectivity index (χ1n) is 6.84. The van der Waals surface area contributed by atoms with Crippen molar-refractivity contribution < 1.29 is 0 Å². The van der Waals surface area contributed by atoms with Gasteiger partial charge in [0.1, 0.15) is 5.69 Å². The van der Waals surface area contributed by atoms with Crippen LogP contribution in [0.2, 0.25) is 0 Å². The van der Waals surface area contributed by atoms with Crippen LogP contribution in [0.25, 0.3) is 11.4 Å². The fraction of sp³-hybridized carbons (Fsp3) is 0.500. The molecule has 1 aliphatic heterocycles. The highest BCUT2D eigenvalue weighted by Crippen LogP contribution is 2.29. The highest BCUT2D eigenvalue weighted by atomic mass is 15.3. The second kappa shape index (κ2) is 5.09. The van der Waals surface area contributed by atoms with Gasteiger partial charge in [-0.15, -0.1) is 0 Å². The van der Waals surface area contributed by atoms with Gasteiger partial charge in [-0.25, -0.2) is 0 Å². The monoisotopic (exact) mass is 257 g/mol. The van der Waals surface area contributed by atoms with Crippen LogP contribution < -0.4 is 0 Å². The summed E-state index contributed by atoms with van der Waals surface area (Å²) in [4.78, 5) is 11.5. The van der Waals surface area contributed by atoms with Crippen LogP contribution in [-0.2, 0) is 6.54 Å². The molecule has 1 atom stereocenters. The molecule has 2 aromatic heterocycles. The van der Waals surface area contributed by atoms with Crippen LogP contribution in [0.15, 0.2) is 24.7 Å². The molecule has 0 radical (unpaired) electrons. The molecule has 0 aliphatic carbocycles. The van der Waals surface area contributed by atoms with Crippen LogP contribution in [0.1, 0.15) is 31.5 Å². The SMILES string of the molecule is CCn1nccc1-c1cnc([C@H]2CCCN2C)cn1. The van der Waals surface area contributed by atoms with Gasteiger partial charge in [0.05, 0.1) is 29.8 Å². The molecule has 0 amide bonds. The van der Waals surface area contributed by atoms with Gasteiger partial charge < -0.3 is 0 Å². The molecule has 1 fully saturated rings. The first kappa shape index (κ1) is 12.3. The van der Waals surface area contributed by atoms with E-state index in [1.807, 2.05) is 23.1 Å². The number of aromatic nitrogens is 4. The molecule has 0 spiro atoms. The maximum absolute atomic E-state index is 4.60. The number of hydrogen-bond donors (Lipinski definition) is 0. The summed E-state index contributed by atoms with van der Waals surface area (Å²) >= 11 is 0. The Kier molecular flexibility index (Phi) is 3.29. The molecule has 5 heteroatoms. The van der Waals surface area contributed by atoms with Gasteiger partial charge in [0.25, 0.3) is 0 Å². The van der Waals surface area contributed by atoms with Crippen molar-refractivity contribution in [3.63, 3.8) is 0 Å². The number of rotatable bonds is 3. The molecule has 0 aromatic carbocycles. The first-order chi connectivity index (χ1) is 9.29. The second-order valence-corrected chi connectivity index (χ2v) is 5.00. The summed E-state index contributed by atoms with van der Waals surface area (Å²) in [6.45, 7) is 4.07. The average molecular weight is 257 g/mol. The molecule has 3 rings (SSSR count). The van der Waals surface area contributed by atoms with E-state index >= 15 is 0 Å². The van der Waals surface area contributed by atoms with Gasteiger partial charge in [-0.05, 0) is 39.4 Å². The van der Waals surface area contributed by atoms with E-state index in [1.54, 1.807) is 6.20 Å². The fourth-order valence-electron chi connectivity index (χ4n) is 2.73. The number of likely N-dealkylation sites (tertiary alicyclic amines) is 1. The van der Waals surface area contributed by atoms with E-state index in [0.29, 0.717) is 6.04 Å². The molecule has 0 bridgehead atoms. The number of aryl methyl sites for hydroxylation is 1. The van der Waals surface area contributed by atoms with Crippen molar-refractivity contribution in [2.24, 2.45) is 0 Å². The lowest BCUT2D eigenvalue weighted by Crippen LogP contribution is -2.18. The van der Waals surface area contributed by atoms with Crippen molar-refractivity contribution in [3.8, 4) is 11.4 Å². The Bertz CT molecular complexity index is 545. The second-order valence-electron chi connectivity index (χ2n) is 5.00. The zero-order valence-electron chi connectivity index (χ0n) is 11.5. The summed E-state index contributed by atoms with van der Waals surface area (Å²) in [7, 11) is 2.15. The standard InChI is InChI=1S/C14H19N5/c1-3-19-14(6-7-17-19)12-10-15-11(9-16-12)13-5-4-8-18(13)2/h6-7,9-10,13H,3-5,8H2,1-2H3/t13-/m1/s1. The summed E-state index contributed by atoms with van der Waals surface area (Å²) < 4.78 is 1.94. The topological polar surface area (TPSA) is 46.8 Å². The minimum Gasteiger partial charge on any atom is -0.298 e. The third-order valence-corrected chi connectivity index (χ3v) is 3.81. The molecule has 100 valence electrons. The summed E-state index contributed by atoms with van der Waals surface area (Å²) in [6, 6.07) is 2.41. The molecule has 0 unspecified atom stereocenters. The Labute approximate surface area is 113 Å². The van der Waals surface area contributed by atoms with Crippen molar-refractivity contribution in [3.05, 3.63) is 30.4 Å². The third kappa shape index (κ3) is 2.26. The average Bonchev–Trinajstić information content (AvgIpc) is 3.07. The summed E-state index contributed by atoms with van der Waals surface area (Å²) in [5.41, 5.74) is 3.00. The van der Waals surface area contributed by atoms with Gasteiger partial charge in [-0.3, -0.25) is 19.5 Å². The Morgan fingerprint density at radius 2 is 2.21 bits per heavy atom. The van der Waals surface area contributed by atoms with Crippen molar-refractivity contribution >= 4 is 0 Å². The van der Waals surface area contributed by atoms with E-state index < -0.39 is 0 Å². The molecule has 1 saturated heterocycles. The Hall–Kier alpha value is -1.75. The van der Waals surface area contributed by atoms with E-state index in [1.165, 1.54) is 12.8 Å². The van der Waals surface area contributed by atoms with Gasteiger partial charge in [0.2, 0.25) is 0 Å². The zero-order chi connectivity index (χ0) is 13.2. The lowest BCUT2D eigenvalue weighted by Gasteiger charge is -2.18. The quantitative estimate of drug-likeness (QED) is 0.845. The van der Waals surface area contributed by atoms with E-state index in [0.717, 1.165) is 30.2 Å². The van der Waals surface area contributed by atoms with Gasteiger partial charge in [-0.1, -0.05) is 0 Å². The zero-order valence-corrected chi connectivity index (χ0v) is 11.5. The van der Waals surface area contributed by atoms with Crippen LogP contribution in [0, 0.1) is 0 Å². The third-order valence-electron chi connectivity index (χ3n) is 3.81. The summed E-state index contributed by atoms with van der Waals surface area (Å²) in [5.74, 6) is 0. The van der Waals surface area contributed by atoms with Crippen LogP contribution >= 0.6 is 0 Å². The lowest BCUT2D eigenvalue weighted by atomic mass is 10.1. The van der Waals surface area contributed by atoms with Crippen molar-refractivity contribution in [2.75, 3.05) is 13.6 Å². The van der Waals surface area contributed by atoms with E-state index in [-0.39, 0.29) is 0 Å². The largest absolute Gasteiger partial charge is 0.298 e. The summed E-state index contributed by atoms with van der Waals surface area (Å²) in [5, 5.41) is 4.26. The molecule has 2 aromatic rings. The van der Waals surface area contributed by atoms with Gasteiger partial charge in [0, 0.05) is 12.7 Å². The minimum atomic E-state index is 0.428. The molecule has 19 heavy (non-hydrogen) atoms. The van der Waals surface area contributed by atoms with E-state index in [4.69, 9.17) is 0 Å². The smallest absolute Gasteiger partial charge is 0.107 e. The molecule has 0 saturated carbocycles. The van der Waals surface area contributed by atoms with Crippen LogP contribution in [-0.4, -0.2) is 38.2 Å². The molecule has 3 heterocycles. The predicted molar refractivity (Wildman–Crippen MR) is 73.5 cm³/mol. The Morgan fingerprint density at radius 3 is 2.84 bits per heavy atom. The normalized spacial score (nSPS) is 20.0.